The Bertz CT molecular complexity index is 4520. The van der Waals surface area contributed by atoms with Gasteiger partial charge in [-0.25, -0.2) is 0 Å². The number of thiophene rings is 3. The maximum atomic E-state index is 14.3. The monoisotopic (exact) mass is 1630 g/mol. The fourth-order valence-electron chi connectivity index (χ4n) is 13.4. The van der Waals surface area contributed by atoms with E-state index in [1.165, 1.54) is 38.9 Å². The second-order valence-electron chi connectivity index (χ2n) is 26.1. The SMILES string of the molecule is C[C@@H]1CN(C(=O)C(c2cccs2)N(C(=O)CCl)c2ccc(Oc3ccccc3)cc2)C[C@H](C)N1.Cc1cc(Oc2ccccc2)ccc1N(C(=O)CCl)C(C(=O)N1CCNC(c2ccccc2)C1)c1cccs1.Cc1cc(Oc2ccccc2)ccc1N(C(=O)CCl)[C@H](C(=O)N1CCN[C@@H](C)C1)c1cccs1.Cl.Cl. The van der Waals surface area contributed by atoms with Crippen molar-refractivity contribution in [2.24, 2.45) is 0 Å². The minimum absolute atomic E-state index is 0. The molecule has 3 saturated heterocycles. The topological polar surface area (TPSA) is 186 Å². The lowest BCUT2D eigenvalue weighted by Gasteiger charge is -2.40. The van der Waals surface area contributed by atoms with Crippen molar-refractivity contribution in [1.29, 1.82) is 0 Å². The molecular weight excluding hydrogens is 1540 g/mol. The summed E-state index contributed by atoms with van der Waals surface area (Å²) < 4.78 is 17.8. The molecule has 109 heavy (non-hydrogen) atoms. The molecule has 18 nitrogen and oxygen atoms in total. The Hall–Kier alpha value is -8.81. The average molecular weight is 1630 g/mol. The molecular formula is C83H88Cl5N9O9S3. The number of nitrogens with zero attached hydrogens (tertiary/aromatic N) is 6. The Labute approximate surface area is 676 Å². The van der Waals surface area contributed by atoms with Gasteiger partial charge in [0.2, 0.25) is 17.7 Å². The molecule has 3 N–H and O–H groups in total. The van der Waals surface area contributed by atoms with Crippen molar-refractivity contribution in [3.05, 3.63) is 266 Å². The van der Waals surface area contributed by atoms with Gasteiger partial charge in [0.05, 0.1) is 0 Å². The average Bonchev–Trinajstić information content (AvgIpc) is 1.77. The van der Waals surface area contributed by atoms with Crippen LogP contribution in [0.25, 0.3) is 0 Å². The van der Waals surface area contributed by atoms with Crippen LogP contribution in [0, 0.1) is 13.8 Å². The van der Waals surface area contributed by atoms with Crippen LogP contribution in [0.15, 0.2) is 235 Å². The van der Waals surface area contributed by atoms with Gasteiger partial charge in [0.25, 0.3) is 17.7 Å². The van der Waals surface area contributed by atoms with Crippen molar-refractivity contribution in [3.8, 4) is 34.5 Å². The van der Waals surface area contributed by atoms with Gasteiger partial charge in [-0.05, 0) is 183 Å². The Morgan fingerprint density at radius 1 is 0.413 bits per heavy atom. The molecule has 6 heterocycles. The van der Waals surface area contributed by atoms with Gasteiger partial charge in [-0.2, -0.15) is 0 Å². The smallest absolute Gasteiger partial charge is 0.251 e. The molecule has 13 rings (SSSR count). The Balaban J connectivity index is 0.000000187. The first kappa shape index (κ1) is 84.2. The number of aryl methyl sites for hydroxylation is 2. The van der Waals surface area contributed by atoms with Crippen LogP contribution >= 0.6 is 93.6 Å². The number of piperazine rings is 3. The predicted octanol–water partition coefficient (Wildman–Crippen LogP) is 17.2. The van der Waals surface area contributed by atoms with E-state index < -0.39 is 18.1 Å². The van der Waals surface area contributed by atoms with Gasteiger partial charge in [-0.3, -0.25) is 43.5 Å². The van der Waals surface area contributed by atoms with E-state index in [4.69, 9.17) is 49.0 Å². The first-order valence-electron chi connectivity index (χ1n) is 35.4. The summed E-state index contributed by atoms with van der Waals surface area (Å²) in [4.78, 5) is 94.3. The zero-order valence-electron chi connectivity index (χ0n) is 60.9. The van der Waals surface area contributed by atoms with Crippen LogP contribution in [-0.4, -0.2) is 138 Å². The number of nitrogens with one attached hydrogen (secondary N) is 3. The van der Waals surface area contributed by atoms with E-state index >= 15 is 0 Å². The second-order valence-corrected chi connectivity index (χ2v) is 29.9. The van der Waals surface area contributed by atoms with Gasteiger partial charge >= 0.3 is 0 Å². The molecule has 7 aromatic carbocycles. The number of hydrogen-bond donors (Lipinski definition) is 3. The Morgan fingerprint density at radius 3 is 1.16 bits per heavy atom. The molecule has 0 spiro atoms. The summed E-state index contributed by atoms with van der Waals surface area (Å²) in [6.45, 7) is 14.8. The maximum absolute atomic E-state index is 14.3. The number of amides is 6. The van der Waals surface area contributed by atoms with Crippen LogP contribution in [-0.2, 0) is 28.8 Å². The number of rotatable bonds is 22. The van der Waals surface area contributed by atoms with Crippen LogP contribution in [0.2, 0.25) is 0 Å². The molecule has 3 fully saturated rings. The normalized spacial score (nSPS) is 16.8. The van der Waals surface area contributed by atoms with Gasteiger partial charge in [-0.1, -0.05) is 103 Å². The number of ether oxygens (including phenoxy) is 3. The third kappa shape index (κ3) is 22.0. The van der Waals surface area contributed by atoms with Crippen LogP contribution in [0.4, 0.5) is 17.1 Å². The zero-order valence-corrected chi connectivity index (χ0v) is 67.2. The third-order valence-electron chi connectivity index (χ3n) is 18.2. The molecule has 26 heteroatoms. The number of alkyl halides is 3. The fraction of sp³-hybridized carbons (Fsp3) is 0.277. The van der Waals surface area contributed by atoms with Crippen LogP contribution in [0.1, 0.15) is 76.3 Å². The van der Waals surface area contributed by atoms with E-state index in [1.807, 2.05) is 227 Å². The highest BCUT2D eigenvalue weighted by Gasteiger charge is 2.42. The van der Waals surface area contributed by atoms with Gasteiger partial charge in [0.1, 0.15) is 70.3 Å². The van der Waals surface area contributed by atoms with Crippen molar-refractivity contribution in [2.45, 2.75) is 76.9 Å². The molecule has 3 aliphatic rings. The zero-order chi connectivity index (χ0) is 75.3. The van der Waals surface area contributed by atoms with Crippen LogP contribution < -0.4 is 44.9 Å². The standard InChI is InChI=1S/C31H30ClN3O3S.2C26H28ClN3O3S.2ClH/c1-22-19-25(38-24-11-6-3-7-12-24)14-15-27(22)35(29(36)20-32)30(28-13-8-18-39-28)31(37)34-17-16-33-26(21-34)23-9-4-2-5-10-23;1-18-16-29(17-19(2)28-18)26(32)25(23-9-6-14-34-23)30(24(31)15-27)20-10-12-22(13-11-20)33-21-7-4-3-5-8-21;1-18-15-21(33-20-7-4-3-5-8-20)10-11-22(18)30(24(31)16-27)25(23-9-6-14-34-23)26(32)29-13-12-28-19(2)17-29;;/h2-15,18-19,26,30,33H,16-17,20-21H2,1H3;3-14,18-19,25,28H,15-17H2,1-2H3;3-11,14-15,19,25,28H,12-13,16-17H2,1-2H3;2*1H/t;18-,19+,25?;19-,25-;;/m..0../s1. The number of anilines is 3. The van der Waals surface area contributed by atoms with E-state index in [0.29, 0.717) is 80.1 Å². The molecule has 0 bridgehead atoms. The number of carbonyl (C=O) groups is 6. The summed E-state index contributed by atoms with van der Waals surface area (Å²) in [6, 6.07) is 66.3. The van der Waals surface area contributed by atoms with Crippen molar-refractivity contribution in [1.82, 2.24) is 30.7 Å². The summed E-state index contributed by atoms with van der Waals surface area (Å²) in [7, 11) is 0. The fourth-order valence-corrected chi connectivity index (χ4v) is 16.2. The van der Waals surface area contributed by atoms with Crippen molar-refractivity contribution in [3.63, 3.8) is 0 Å². The van der Waals surface area contributed by atoms with Crippen molar-refractivity contribution < 1.29 is 43.0 Å². The number of carbonyl (C=O) groups excluding carboxylic acids is 6. The third-order valence-corrected chi connectivity index (χ3v) is 21.7. The summed E-state index contributed by atoms with van der Waals surface area (Å²) in [5, 5.41) is 16.1. The minimum atomic E-state index is -0.828. The summed E-state index contributed by atoms with van der Waals surface area (Å²) >= 11 is 22.6. The lowest BCUT2D eigenvalue weighted by molar-refractivity contribution is -0.136. The maximum Gasteiger partial charge on any atom is 0.251 e. The molecule has 3 aromatic heterocycles. The van der Waals surface area contributed by atoms with Gasteiger partial charge in [-0.15, -0.1) is 93.6 Å². The summed E-state index contributed by atoms with van der Waals surface area (Å²) in [5.74, 6) is 2.08. The Morgan fingerprint density at radius 2 is 0.761 bits per heavy atom. The number of hydrogen-bond acceptors (Lipinski definition) is 15. The van der Waals surface area contributed by atoms with Gasteiger partial charge < -0.3 is 44.9 Å². The van der Waals surface area contributed by atoms with Crippen molar-refractivity contribution >= 4 is 146 Å². The van der Waals surface area contributed by atoms with E-state index in [-0.39, 0.29) is 102 Å². The molecule has 0 saturated carbocycles. The molecule has 3 unspecified atom stereocenters. The molecule has 6 amide bonds. The highest BCUT2D eigenvalue weighted by Crippen LogP contribution is 2.41. The lowest BCUT2D eigenvalue weighted by Crippen LogP contribution is -2.58. The first-order chi connectivity index (χ1) is 52.0. The number of para-hydroxylation sites is 3. The van der Waals surface area contributed by atoms with E-state index in [9.17, 15) is 28.8 Å². The van der Waals surface area contributed by atoms with Gasteiger partial charge in [0.15, 0.2) is 0 Å². The molecule has 7 atom stereocenters. The predicted molar refractivity (Wildman–Crippen MR) is 445 cm³/mol. The highest BCUT2D eigenvalue weighted by atomic mass is 35.5. The summed E-state index contributed by atoms with van der Waals surface area (Å²) in [6.07, 6.45) is 0. The van der Waals surface area contributed by atoms with E-state index in [0.717, 1.165) is 55.1 Å². The van der Waals surface area contributed by atoms with Crippen LogP contribution in [0.3, 0.4) is 0 Å². The molecule has 3 aliphatic heterocycles. The van der Waals surface area contributed by atoms with E-state index in [2.05, 4.69) is 48.9 Å². The molecule has 0 radical (unpaired) electrons. The highest BCUT2D eigenvalue weighted by molar-refractivity contribution is 7.10. The largest absolute Gasteiger partial charge is 0.457 e. The first-order valence-corrected chi connectivity index (χ1v) is 39.6. The van der Waals surface area contributed by atoms with E-state index in [1.54, 1.807) is 34.1 Å². The molecule has 0 aliphatic carbocycles. The molecule has 572 valence electrons. The van der Waals surface area contributed by atoms with Gasteiger partial charge in [0, 0.05) is 108 Å². The number of halogens is 5. The lowest BCUT2D eigenvalue weighted by atomic mass is 10.0. The van der Waals surface area contributed by atoms with Crippen molar-refractivity contribution in [2.75, 3.05) is 84.7 Å². The Kier molecular flexibility index (Phi) is 31.9. The minimum Gasteiger partial charge on any atom is -0.457 e. The number of benzene rings is 7. The van der Waals surface area contributed by atoms with Crippen LogP contribution in [0.5, 0.6) is 34.5 Å². The second kappa shape index (κ2) is 41.3. The quantitative estimate of drug-likeness (QED) is 0.0546. The summed E-state index contributed by atoms with van der Waals surface area (Å²) in [5.41, 5.74) is 4.60. The molecule has 10 aromatic rings.